The molecule has 1 aliphatic rings. The van der Waals surface area contributed by atoms with Crippen molar-refractivity contribution in [3.63, 3.8) is 0 Å². The van der Waals surface area contributed by atoms with Crippen molar-refractivity contribution in [2.45, 2.75) is 19.3 Å². The maximum absolute atomic E-state index is 5.77. The molecule has 0 aromatic carbocycles. The Balaban J connectivity index is 2.14. The van der Waals surface area contributed by atoms with E-state index in [1.165, 1.54) is 12.0 Å². The van der Waals surface area contributed by atoms with Crippen molar-refractivity contribution >= 4 is 22.9 Å². The maximum Gasteiger partial charge on any atom is 0.0258 e. The molecule has 0 saturated heterocycles. The molecule has 1 fully saturated rings. The lowest BCUT2D eigenvalue weighted by Crippen LogP contribution is -1.82. The molecule has 0 radical (unpaired) electrons. The van der Waals surface area contributed by atoms with Crippen LogP contribution in [-0.4, -0.2) is 5.88 Å². The molecule has 1 aromatic heterocycles. The van der Waals surface area contributed by atoms with Gasteiger partial charge in [0.1, 0.15) is 0 Å². The first-order valence-electron chi connectivity index (χ1n) is 3.93. The summed E-state index contributed by atoms with van der Waals surface area (Å²) in [6, 6.07) is 2.20. The van der Waals surface area contributed by atoms with Crippen LogP contribution >= 0.6 is 22.9 Å². The van der Waals surface area contributed by atoms with Gasteiger partial charge in [0.2, 0.25) is 0 Å². The van der Waals surface area contributed by atoms with Gasteiger partial charge in [-0.2, -0.15) is 0 Å². The number of rotatable bonds is 2. The molecule has 0 spiro atoms. The van der Waals surface area contributed by atoms with Crippen LogP contribution < -0.4 is 0 Å². The van der Waals surface area contributed by atoms with Crippen LogP contribution in [0.25, 0.3) is 0 Å². The third-order valence-electron chi connectivity index (χ3n) is 2.36. The number of alkyl halides is 1. The second-order valence-corrected chi connectivity index (χ2v) is 4.48. The molecule has 0 bridgehead atoms. The lowest BCUT2D eigenvalue weighted by atomic mass is 10.2. The molecule has 0 nitrogen and oxygen atoms in total. The van der Waals surface area contributed by atoms with E-state index >= 15 is 0 Å². The predicted octanol–water partition coefficient (Wildman–Crippen LogP) is 3.40. The average molecular weight is 187 g/mol. The SMILES string of the molecule is Cc1ccsc1C1CC1CCl. The van der Waals surface area contributed by atoms with E-state index in [1.807, 2.05) is 11.3 Å². The topological polar surface area (TPSA) is 0 Å². The first kappa shape index (κ1) is 7.63. The quantitative estimate of drug-likeness (QED) is 0.622. The smallest absolute Gasteiger partial charge is 0.0258 e. The van der Waals surface area contributed by atoms with Gasteiger partial charge >= 0.3 is 0 Å². The molecule has 2 atom stereocenters. The van der Waals surface area contributed by atoms with Gasteiger partial charge in [0, 0.05) is 10.8 Å². The molecule has 0 N–H and O–H groups in total. The van der Waals surface area contributed by atoms with Crippen molar-refractivity contribution in [1.29, 1.82) is 0 Å². The van der Waals surface area contributed by atoms with Crippen molar-refractivity contribution in [3.05, 3.63) is 21.9 Å². The van der Waals surface area contributed by atoms with Crippen LogP contribution in [-0.2, 0) is 0 Å². The molecule has 2 heteroatoms. The van der Waals surface area contributed by atoms with Crippen molar-refractivity contribution in [1.82, 2.24) is 0 Å². The Kier molecular flexibility index (Phi) is 1.94. The Morgan fingerprint density at radius 3 is 3.00 bits per heavy atom. The van der Waals surface area contributed by atoms with Crippen LogP contribution in [0.4, 0.5) is 0 Å². The van der Waals surface area contributed by atoms with E-state index in [4.69, 9.17) is 11.6 Å². The van der Waals surface area contributed by atoms with E-state index in [0.717, 1.165) is 17.7 Å². The van der Waals surface area contributed by atoms with Gasteiger partial charge in [-0.05, 0) is 42.2 Å². The Hall–Kier alpha value is -0.0100. The summed E-state index contributed by atoms with van der Waals surface area (Å²) in [5.74, 6) is 2.41. The van der Waals surface area contributed by atoms with Crippen LogP contribution in [0.1, 0.15) is 22.8 Å². The normalized spacial score (nSPS) is 28.9. The van der Waals surface area contributed by atoms with E-state index in [0.29, 0.717) is 0 Å². The first-order valence-corrected chi connectivity index (χ1v) is 5.34. The van der Waals surface area contributed by atoms with Gasteiger partial charge in [0.25, 0.3) is 0 Å². The summed E-state index contributed by atoms with van der Waals surface area (Å²) in [4.78, 5) is 1.57. The molecule has 0 amide bonds. The zero-order chi connectivity index (χ0) is 7.84. The van der Waals surface area contributed by atoms with Crippen molar-refractivity contribution < 1.29 is 0 Å². The fourth-order valence-electron chi connectivity index (χ4n) is 1.50. The van der Waals surface area contributed by atoms with Crippen LogP contribution in [0.5, 0.6) is 0 Å². The summed E-state index contributed by atoms with van der Waals surface area (Å²) >= 11 is 7.65. The van der Waals surface area contributed by atoms with E-state index in [2.05, 4.69) is 18.4 Å². The number of hydrogen-bond donors (Lipinski definition) is 0. The Labute approximate surface area is 76.2 Å². The van der Waals surface area contributed by atoms with Crippen LogP contribution in [0, 0.1) is 12.8 Å². The summed E-state index contributed by atoms with van der Waals surface area (Å²) in [6.45, 7) is 2.19. The minimum absolute atomic E-state index is 0.772. The fourth-order valence-corrected chi connectivity index (χ4v) is 2.98. The molecule has 11 heavy (non-hydrogen) atoms. The van der Waals surface area contributed by atoms with Gasteiger partial charge in [0.05, 0.1) is 0 Å². The van der Waals surface area contributed by atoms with Gasteiger partial charge < -0.3 is 0 Å². The van der Waals surface area contributed by atoms with Gasteiger partial charge in [-0.1, -0.05) is 0 Å². The molecule has 60 valence electrons. The highest BCUT2D eigenvalue weighted by Gasteiger charge is 2.38. The fraction of sp³-hybridized carbons (Fsp3) is 0.556. The molecule has 0 aliphatic heterocycles. The molecular formula is C9H11ClS. The zero-order valence-electron chi connectivity index (χ0n) is 6.51. The predicted molar refractivity (Wildman–Crippen MR) is 50.6 cm³/mol. The summed E-state index contributed by atoms with van der Waals surface area (Å²) < 4.78 is 0. The van der Waals surface area contributed by atoms with E-state index in [-0.39, 0.29) is 0 Å². The van der Waals surface area contributed by atoms with Gasteiger partial charge in [-0.15, -0.1) is 22.9 Å². The Morgan fingerprint density at radius 2 is 2.55 bits per heavy atom. The average Bonchev–Trinajstić information content (AvgIpc) is 2.68. The second kappa shape index (κ2) is 2.80. The first-order chi connectivity index (χ1) is 5.33. The minimum atomic E-state index is 0.772. The van der Waals surface area contributed by atoms with Crippen molar-refractivity contribution in [2.75, 3.05) is 5.88 Å². The summed E-state index contributed by atoms with van der Waals surface area (Å²) in [6.07, 6.45) is 1.31. The number of halogens is 1. The molecule has 2 rings (SSSR count). The third kappa shape index (κ3) is 1.32. The van der Waals surface area contributed by atoms with Crippen LogP contribution in [0.15, 0.2) is 11.4 Å². The van der Waals surface area contributed by atoms with Gasteiger partial charge in [-0.3, -0.25) is 0 Å². The number of aryl methyl sites for hydroxylation is 1. The van der Waals surface area contributed by atoms with Gasteiger partial charge in [-0.25, -0.2) is 0 Å². The largest absolute Gasteiger partial charge is 0.148 e. The Bertz CT molecular complexity index is 254. The van der Waals surface area contributed by atoms with Crippen molar-refractivity contribution in [2.24, 2.45) is 5.92 Å². The van der Waals surface area contributed by atoms with E-state index in [9.17, 15) is 0 Å². The standard InChI is InChI=1S/C9H11ClS/c1-6-2-3-11-9(6)8-4-7(8)5-10/h2-3,7-8H,4-5H2,1H3. The lowest BCUT2D eigenvalue weighted by molar-refractivity contribution is 0.931. The van der Waals surface area contributed by atoms with Crippen LogP contribution in [0.2, 0.25) is 0 Å². The summed E-state index contributed by atoms with van der Waals surface area (Å²) in [5.41, 5.74) is 1.45. The second-order valence-electron chi connectivity index (χ2n) is 3.22. The van der Waals surface area contributed by atoms with Crippen molar-refractivity contribution in [3.8, 4) is 0 Å². The molecule has 1 saturated carbocycles. The highest BCUT2D eigenvalue weighted by molar-refractivity contribution is 7.10. The third-order valence-corrected chi connectivity index (χ3v) is 3.91. The molecule has 1 aliphatic carbocycles. The lowest BCUT2D eigenvalue weighted by Gasteiger charge is -1.94. The highest BCUT2D eigenvalue weighted by Crippen LogP contribution is 2.50. The molecule has 2 unspecified atom stereocenters. The molecule has 1 aromatic rings. The Morgan fingerprint density at radius 1 is 1.73 bits per heavy atom. The van der Waals surface area contributed by atoms with E-state index in [1.54, 1.807) is 4.88 Å². The zero-order valence-corrected chi connectivity index (χ0v) is 8.08. The molecule has 1 heterocycles. The maximum atomic E-state index is 5.77. The summed E-state index contributed by atoms with van der Waals surface area (Å²) in [5, 5.41) is 2.17. The van der Waals surface area contributed by atoms with Gasteiger partial charge in [0.15, 0.2) is 0 Å². The minimum Gasteiger partial charge on any atom is -0.148 e. The molecular weight excluding hydrogens is 176 g/mol. The van der Waals surface area contributed by atoms with Crippen LogP contribution in [0.3, 0.4) is 0 Å². The number of thiophene rings is 1. The highest BCUT2D eigenvalue weighted by atomic mass is 35.5. The van der Waals surface area contributed by atoms with E-state index < -0.39 is 0 Å². The summed E-state index contributed by atoms with van der Waals surface area (Å²) in [7, 11) is 0. The number of hydrogen-bond acceptors (Lipinski definition) is 1. The monoisotopic (exact) mass is 186 g/mol.